The fourth-order valence-electron chi connectivity index (χ4n) is 2.46. The Balaban J connectivity index is 1.68. The van der Waals surface area contributed by atoms with Crippen molar-refractivity contribution in [2.24, 2.45) is 0 Å². The molecule has 1 aliphatic heterocycles. The highest BCUT2D eigenvalue weighted by Gasteiger charge is 2.29. The van der Waals surface area contributed by atoms with Crippen molar-refractivity contribution >= 4 is 21.8 Å². The number of aromatic nitrogens is 2. The first kappa shape index (κ1) is 15.4. The Morgan fingerprint density at radius 2 is 2.13 bits per heavy atom. The Morgan fingerprint density at radius 3 is 2.91 bits per heavy atom. The standard InChI is InChI=1S/C16H13BrN4O2/c17-13-4-2-1-3-12(13)16(22)21-8-5-11(10-21)23-15-14(9-18)19-6-7-20-15/h1-4,6-7,11H,5,8,10H2. The molecule has 116 valence electrons. The van der Waals surface area contributed by atoms with Crippen molar-refractivity contribution in [3.05, 3.63) is 52.4 Å². The van der Waals surface area contributed by atoms with Crippen LogP contribution in [0.3, 0.4) is 0 Å². The van der Waals surface area contributed by atoms with E-state index in [1.807, 2.05) is 24.3 Å². The first-order valence-corrected chi connectivity index (χ1v) is 7.90. The summed E-state index contributed by atoms with van der Waals surface area (Å²) >= 11 is 3.40. The molecule has 1 unspecified atom stereocenters. The number of carbonyl (C=O) groups is 1. The van der Waals surface area contributed by atoms with Crippen molar-refractivity contribution in [1.29, 1.82) is 5.26 Å². The normalized spacial score (nSPS) is 16.9. The highest BCUT2D eigenvalue weighted by atomic mass is 79.9. The number of benzene rings is 1. The molecule has 0 N–H and O–H groups in total. The van der Waals surface area contributed by atoms with Gasteiger partial charge in [-0.05, 0) is 28.1 Å². The zero-order chi connectivity index (χ0) is 16.2. The van der Waals surface area contributed by atoms with E-state index >= 15 is 0 Å². The molecule has 0 saturated carbocycles. The van der Waals surface area contributed by atoms with Crippen LogP contribution in [0.2, 0.25) is 0 Å². The molecule has 2 aromatic rings. The minimum atomic E-state index is -0.190. The number of ether oxygens (including phenoxy) is 1. The average molecular weight is 373 g/mol. The molecule has 3 rings (SSSR count). The summed E-state index contributed by atoms with van der Waals surface area (Å²) in [6.45, 7) is 1.06. The van der Waals surface area contributed by atoms with Gasteiger partial charge >= 0.3 is 0 Å². The van der Waals surface area contributed by atoms with Crippen LogP contribution in [0.4, 0.5) is 0 Å². The van der Waals surface area contributed by atoms with E-state index in [1.54, 1.807) is 11.0 Å². The Morgan fingerprint density at radius 1 is 1.35 bits per heavy atom. The lowest BCUT2D eigenvalue weighted by Crippen LogP contribution is -2.31. The first-order valence-electron chi connectivity index (χ1n) is 7.10. The summed E-state index contributed by atoms with van der Waals surface area (Å²) in [5.41, 5.74) is 0.786. The van der Waals surface area contributed by atoms with E-state index in [0.29, 0.717) is 25.1 Å². The molecule has 2 heterocycles. The van der Waals surface area contributed by atoms with Crippen molar-refractivity contribution in [1.82, 2.24) is 14.9 Å². The first-order chi connectivity index (χ1) is 11.2. The van der Waals surface area contributed by atoms with Gasteiger partial charge < -0.3 is 9.64 Å². The van der Waals surface area contributed by atoms with Crippen LogP contribution in [0.1, 0.15) is 22.5 Å². The lowest BCUT2D eigenvalue weighted by Gasteiger charge is -2.17. The monoisotopic (exact) mass is 372 g/mol. The number of halogens is 1. The highest BCUT2D eigenvalue weighted by Crippen LogP contribution is 2.23. The number of likely N-dealkylation sites (tertiary alicyclic amines) is 1. The molecular formula is C16H13BrN4O2. The van der Waals surface area contributed by atoms with Crippen LogP contribution >= 0.6 is 15.9 Å². The third kappa shape index (κ3) is 3.32. The van der Waals surface area contributed by atoms with Crippen LogP contribution in [0, 0.1) is 11.3 Å². The number of amides is 1. The minimum absolute atomic E-state index is 0.0387. The fraction of sp³-hybridized carbons (Fsp3) is 0.250. The van der Waals surface area contributed by atoms with Crippen molar-refractivity contribution < 1.29 is 9.53 Å². The van der Waals surface area contributed by atoms with Crippen LogP contribution < -0.4 is 4.74 Å². The Kier molecular flexibility index (Phi) is 4.53. The van der Waals surface area contributed by atoms with Gasteiger partial charge in [0, 0.05) is 29.8 Å². The second kappa shape index (κ2) is 6.75. The zero-order valence-corrected chi connectivity index (χ0v) is 13.7. The van der Waals surface area contributed by atoms with Gasteiger partial charge in [0.05, 0.1) is 12.1 Å². The molecule has 0 aliphatic carbocycles. The quantitative estimate of drug-likeness (QED) is 0.826. The van der Waals surface area contributed by atoms with Crippen molar-refractivity contribution in [3.63, 3.8) is 0 Å². The molecule has 0 spiro atoms. The molecule has 1 aliphatic rings. The molecule has 0 bridgehead atoms. The number of rotatable bonds is 3. The van der Waals surface area contributed by atoms with E-state index in [1.165, 1.54) is 12.4 Å². The number of hydrogen-bond acceptors (Lipinski definition) is 5. The lowest BCUT2D eigenvalue weighted by atomic mass is 10.2. The molecule has 6 nitrogen and oxygen atoms in total. The third-order valence-electron chi connectivity index (χ3n) is 3.59. The van der Waals surface area contributed by atoms with Gasteiger partial charge in [-0.2, -0.15) is 5.26 Å². The van der Waals surface area contributed by atoms with Gasteiger partial charge in [-0.3, -0.25) is 4.79 Å². The predicted molar refractivity (Wildman–Crippen MR) is 85.8 cm³/mol. The van der Waals surface area contributed by atoms with Gasteiger partial charge in [0.1, 0.15) is 12.2 Å². The number of nitriles is 1. The SMILES string of the molecule is N#Cc1nccnc1OC1CCN(C(=O)c2ccccc2Br)C1. The van der Waals surface area contributed by atoms with Gasteiger partial charge in [-0.15, -0.1) is 0 Å². The Hall–Kier alpha value is -2.46. The summed E-state index contributed by atoms with van der Waals surface area (Å²) in [6, 6.07) is 9.29. The second-order valence-electron chi connectivity index (χ2n) is 5.08. The summed E-state index contributed by atoms with van der Waals surface area (Å²) in [6.07, 6.45) is 3.43. The van der Waals surface area contributed by atoms with Gasteiger partial charge in [-0.1, -0.05) is 12.1 Å². The van der Waals surface area contributed by atoms with Crippen molar-refractivity contribution in [2.75, 3.05) is 13.1 Å². The molecule has 1 amide bonds. The van der Waals surface area contributed by atoms with Crippen molar-refractivity contribution in [3.8, 4) is 11.9 Å². The molecule has 7 heteroatoms. The molecule has 1 aromatic carbocycles. The summed E-state index contributed by atoms with van der Waals surface area (Å²) in [5, 5.41) is 9.01. The number of carbonyl (C=O) groups excluding carboxylic acids is 1. The molecule has 1 fully saturated rings. The van der Waals surface area contributed by atoms with Crippen LogP contribution in [0.15, 0.2) is 41.1 Å². The molecule has 23 heavy (non-hydrogen) atoms. The predicted octanol–water partition coefficient (Wildman–Crippen LogP) is 2.40. The minimum Gasteiger partial charge on any atom is -0.470 e. The van der Waals surface area contributed by atoms with E-state index in [9.17, 15) is 4.79 Å². The van der Waals surface area contributed by atoms with E-state index in [4.69, 9.17) is 10.00 Å². The third-order valence-corrected chi connectivity index (χ3v) is 4.28. The molecule has 1 aromatic heterocycles. The lowest BCUT2D eigenvalue weighted by molar-refractivity contribution is 0.0770. The van der Waals surface area contributed by atoms with E-state index in [-0.39, 0.29) is 23.6 Å². The summed E-state index contributed by atoms with van der Waals surface area (Å²) < 4.78 is 6.52. The van der Waals surface area contributed by atoms with E-state index in [0.717, 1.165) is 4.47 Å². The van der Waals surface area contributed by atoms with Gasteiger partial charge in [0.15, 0.2) is 0 Å². The van der Waals surface area contributed by atoms with Gasteiger partial charge in [0.25, 0.3) is 11.8 Å². The van der Waals surface area contributed by atoms with E-state index < -0.39 is 0 Å². The maximum absolute atomic E-state index is 12.5. The van der Waals surface area contributed by atoms with E-state index in [2.05, 4.69) is 25.9 Å². The van der Waals surface area contributed by atoms with Gasteiger partial charge in [-0.25, -0.2) is 9.97 Å². The largest absolute Gasteiger partial charge is 0.470 e. The summed E-state index contributed by atoms with van der Waals surface area (Å²) in [4.78, 5) is 22.2. The molecule has 1 atom stereocenters. The fourth-order valence-corrected chi connectivity index (χ4v) is 2.91. The smallest absolute Gasteiger partial charge is 0.255 e. The van der Waals surface area contributed by atoms with Gasteiger partial charge in [0.2, 0.25) is 5.69 Å². The summed E-state index contributed by atoms with van der Waals surface area (Å²) in [5.74, 6) is 0.179. The highest BCUT2D eigenvalue weighted by molar-refractivity contribution is 9.10. The van der Waals surface area contributed by atoms with Crippen LogP contribution in [-0.2, 0) is 0 Å². The maximum Gasteiger partial charge on any atom is 0.255 e. The Bertz CT molecular complexity index is 775. The van der Waals surface area contributed by atoms with Crippen LogP contribution in [0.5, 0.6) is 5.88 Å². The Labute approximate surface area is 141 Å². The maximum atomic E-state index is 12.5. The van der Waals surface area contributed by atoms with Crippen LogP contribution in [-0.4, -0.2) is 40.0 Å². The topological polar surface area (TPSA) is 79.1 Å². The average Bonchev–Trinajstić information content (AvgIpc) is 3.04. The molecule has 1 saturated heterocycles. The van der Waals surface area contributed by atoms with Crippen molar-refractivity contribution in [2.45, 2.75) is 12.5 Å². The second-order valence-corrected chi connectivity index (χ2v) is 5.94. The molecule has 0 radical (unpaired) electrons. The summed E-state index contributed by atoms with van der Waals surface area (Å²) in [7, 11) is 0. The number of nitrogens with zero attached hydrogens (tertiary/aromatic N) is 4. The molecular weight excluding hydrogens is 360 g/mol. The van der Waals surface area contributed by atoms with Crippen LogP contribution in [0.25, 0.3) is 0 Å². The number of hydrogen-bond donors (Lipinski definition) is 0. The zero-order valence-electron chi connectivity index (χ0n) is 12.1.